The molecule has 38 heavy (non-hydrogen) atoms. The number of methoxy groups -OCH3 is 1. The number of sulfonamides is 1. The molecule has 0 spiro atoms. The zero-order valence-corrected chi connectivity index (χ0v) is 23.3. The Morgan fingerprint density at radius 1 is 0.947 bits per heavy atom. The van der Waals surface area contributed by atoms with Gasteiger partial charge < -0.3 is 15.0 Å². The van der Waals surface area contributed by atoms with Crippen LogP contribution in [0.2, 0.25) is 0 Å². The predicted octanol–water partition coefficient (Wildman–Crippen LogP) is 4.06. The first-order valence-electron chi connectivity index (χ1n) is 12.4. The maximum Gasteiger partial charge on any atom is 0.264 e. The molecule has 0 saturated carbocycles. The van der Waals surface area contributed by atoms with Crippen LogP contribution in [0.15, 0.2) is 77.7 Å². The van der Waals surface area contributed by atoms with E-state index >= 15 is 0 Å². The fourth-order valence-electron chi connectivity index (χ4n) is 3.93. The highest BCUT2D eigenvalue weighted by Crippen LogP contribution is 2.28. The Bertz CT molecular complexity index is 1360. The molecule has 202 valence electrons. The molecule has 3 rings (SSSR count). The van der Waals surface area contributed by atoms with Crippen molar-refractivity contribution in [2.75, 3.05) is 24.5 Å². The summed E-state index contributed by atoms with van der Waals surface area (Å²) in [6.07, 6.45) is 0. The molecule has 1 atom stereocenters. The summed E-state index contributed by atoms with van der Waals surface area (Å²) < 4.78 is 34.0. The Morgan fingerprint density at radius 3 is 2.13 bits per heavy atom. The SMILES string of the molecule is CCNC(=O)[C@H](C)N(Cc1ccc(C)cc1)C(=O)CN(c1cccc(OC)c1)S(=O)(=O)c1ccc(C)cc1. The summed E-state index contributed by atoms with van der Waals surface area (Å²) in [6.45, 7) is 7.33. The van der Waals surface area contributed by atoms with Crippen molar-refractivity contribution < 1.29 is 22.7 Å². The highest BCUT2D eigenvalue weighted by atomic mass is 32.2. The second-order valence-corrected chi connectivity index (χ2v) is 11.0. The smallest absolute Gasteiger partial charge is 0.264 e. The van der Waals surface area contributed by atoms with E-state index in [1.165, 1.54) is 24.1 Å². The van der Waals surface area contributed by atoms with Gasteiger partial charge in [-0.05, 0) is 57.5 Å². The molecule has 0 aromatic heterocycles. The second kappa shape index (κ2) is 12.6. The maximum absolute atomic E-state index is 13.8. The van der Waals surface area contributed by atoms with Gasteiger partial charge in [-0.25, -0.2) is 8.42 Å². The van der Waals surface area contributed by atoms with Gasteiger partial charge in [0.2, 0.25) is 11.8 Å². The first kappa shape index (κ1) is 28.7. The number of nitrogens with one attached hydrogen (secondary N) is 1. The van der Waals surface area contributed by atoms with Gasteiger partial charge in [0.15, 0.2) is 0 Å². The normalized spacial score (nSPS) is 11.9. The Hall–Kier alpha value is -3.85. The van der Waals surface area contributed by atoms with Gasteiger partial charge in [0.25, 0.3) is 10.0 Å². The minimum absolute atomic E-state index is 0.0561. The largest absolute Gasteiger partial charge is 0.497 e. The molecule has 0 aliphatic carbocycles. The molecule has 0 saturated heterocycles. The molecule has 0 aliphatic heterocycles. The highest BCUT2D eigenvalue weighted by Gasteiger charge is 2.32. The van der Waals surface area contributed by atoms with Crippen LogP contribution in [0.5, 0.6) is 5.75 Å². The number of aryl methyl sites for hydroxylation is 2. The van der Waals surface area contributed by atoms with Crippen molar-refractivity contribution in [2.45, 2.75) is 45.2 Å². The average molecular weight is 538 g/mol. The minimum atomic E-state index is -4.13. The number of anilines is 1. The van der Waals surface area contributed by atoms with Gasteiger partial charge in [-0.3, -0.25) is 13.9 Å². The number of rotatable bonds is 11. The van der Waals surface area contributed by atoms with Crippen LogP contribution in [0.4, 0.5) is 5.69 Å². The highest BCUT2D eigenvalue weighted by molar-refractivity contribution is 7.92. The number of hydrogen-bond acceptors (Lipinski definition) is 5. The molecule has 0 unspecified atom stereocenters. The average Bonchev–Trinajstić information content (AvgIpc) is 2.91. The minimum Gasteiger partial charge on any atom is -0.497 e. The molecule has 0 heterocycles. The lowest BCUT2D eigenvalue weighted by atomic mass is 10.1. The summed E-state index contributed by atoms with van der Waals surface area (Å²) in [5.41, 5.74) is 3.08. The lowest BCUT2D eigenvalue weighted by Crippen LogP contribution is -2.51. The van der Waals surface area contributed by atoms with Crippen molar-refractivity contribution in [1.82, 2.24) is 10.2 Å². The molecule has 2 amide bonds. The predicted molar refractivity (Wildman–Crippen MR) is 149 cm³/mol. The van der Waals surface area contributed by atoms with Crippen molar-refractivity contribution in [3.8, 4) is 5.75 Å². The lowest BCUT2D eigenvalue weighted by Gasteiger charge is -2.32. The van der Waals surface area contributed by atoms with Crippen LogP contribution in [0.25, 0.3) is 0 Å². The van der Waals surface area contributed by atoms with E-state index in [4.69, 9.17) is 4.74 Å². The van der Waals surface area contributed by atoms with Crippen LogP contribution in [0, 0.1) is 13.8 Å². The maximum atomic E-state index is 13.8. The summed E-state index contributed by atoms with van der Waals surface area (Å²) >= 11 is 0. The van der Waals surface area contributed by atoms with E-state index in [0.717, 1.165) is 21.0 Å². The molecule has 0 fully saturated rings. The number of hydrogen-bond donors (Lipinski definition) is 1. The van der Waals surface area contributed by atoms with Gasteiger partial charge in [0.05, 0.1) is 17.7 Å². The first-order valence-corrected chi connectivity index (χ1v) is 13.9. The van der Waals surface area contributed by atoms with Crippen LogP contribution in [0.3, 0.4) is 0 Å². The number of nitrogens with zero attached hydrogens (tertiary/aromatic N) is 2. The van der Waals surface area contributed by atoms with E-state index in [-0.39, 0.29) is 23.0 Å². The number of amides is 2. The fraction of sp³-hybridized carbons (Fsp3) is 0.310. The van der Waals surface area contributed by atoms with Crippen LogP contribution >= 0.6 is 0 Å². The summed E-state index contributed by atoms with van der Waals surface area (Å²) in [6, 6.07) is 19.8. The van der Waals surface area contributed by atoms with Crippen LogP contribution in [0.1, 0.15) is 30.5 Å². The summed E-state index contributed by atoms with van der Waals surface area (Å²) in [4.78, 5) is 28.1. The number of carbonyl (C=O) groups is 2. The lowest BCUT2D eigenvalue weighted by molar-refractivity contribution is -0.139. The van der Waals surface area contributed by atoms with E-state index in [9.17, 15) is 18.0 Å². The number of likely N-dealkylation sites (N-methyl/N-ethyl adjacent to an activating group) is 1. The molecule has 3 aromatic rings. The molecule has 8 nitrogen and oxygen atoms in total. The van der Waals surface area contributed by atoms with E-state index in [0.29, 0.717) is 12.3 Å². The summed E-state index contributed by atoms with van der Waals surface area (Å²) in [5, 5.41) is 2.76. The first-order chi connectivity index (χ1) is 18.1. The Morgan fingerprint density at radius 2 is 1.55 bits per heavy atom. The Labute approximate surface area is 225 Å². The molecule has 0 radical (unpaired) electrons. The van der Waals surface area contributed by atoms with Crippen molar-refractivity contribution in [1.29, 1.82) is 0 Å². The molecule has 1 N–H and O–H groups in total. The molecule has 0 aliphatic rings. The van der Waals surface area contributed by atoms with Crippen LogP contribution in [-0.2, 0) is 26.2 Å². The zero-order chi connectivity index (χ0) is 27.9. The van der Waals surface area contributed by atoms with Crippen molar-refractivity contribution in [3.05, 3.63) is 89.5 Å². The van der Waals surface area contributed by atoms with Crippen molar-refractivity contribution in [3.63, 3.8) is 0 Å². The zero-order valence-electron chi connectivity index (χ0n) is 22.5. The van der Waals surface area contributed by atoms with Crippen molar-refractivity contribution >= 4 is 27.5 Å². The Kier molecular flexibility index (Phi) is 9.52. The van der Waals surface area contributed by atoms with Gasteiger partial charge in [0, 0.05) is 19.2 Å². The number of carbonyl (C=O) groups excluding carboxylic acids is 2. The third-order valence-electron chi connectivity index (χ3n) is 6.22. The number of benzene rings is 3. The Balaban J connectivity index is 2.04. The van der Waals surface area contributed by atoms with E-state index in [1.807, 2.05) is 38.1 Å². The van der Waals surface area contributed by atoms with E-state index in [1.54, 1.807) is 50.2 Å². The molecule has 0 bridgehead atoms. The quantitative estimate of drug-likeness (QED) is 0.398. The molecular weight excluding hydrogens is 502 g/mol. The summed E-state index contributed by atoms with van der Waals surface area (Å²) in [5.74, 6) is -0.378. The van der Waals surface area contributed by atoms with Crippen LogP contribution in [-0.4, -0.2) is 51.4 Å². The van der Waals surface area contributed by atoms with Gasteiger partial charge in [-0.1, -0.05) is 53.6 Å². The topological polar surface area (TPSA) is 96.0 Å². The van der Waals surface area contributed by atoms with Gasteiger partial charge in [0.1, 0.15) is 18.3 Å². The molecule has 3 aromatic carbocycles. The van der Waals surface area contributed by atoms with Crippen molar-refractivity contribution in [2.24, 2.45) is 0 Å². The third kappa shape index (κ3) is 6.92. The number of ether oxygens (including phenoxy) is 1. The summed E-state index contributed by atoms with van der Waals surface area (Å²) in [7, 11) is -2.64. The monoisotopic (exact) mass is 537 g/mol. The fourth-order valence-corrected chi connectivity index (χ4v) is 5.33. The third-order valence-corrected chi connectivity index (χ3v) is 8.01. The van der Waals surface area contributed by atoms with Gasteiger partial charge in [-0.2, -0.15) is 0 Å². The standard InChI is InChI=1S/C29H35N3O5S/c1-6-30-29(34)23(4)31(19-24-14-10-21(2)11-15-24)28(33)20-32(25-8-7-9-26(18-25)37-5)38(35,36)27-16-12-22(3)13-17-27/h7-18,23H,6,19-20H2,1-5H3,(H,30,34)/t23-/m0/s1. The molecule has 9 heteroatoms. The van der Waals surface area contributed by atoms with Gasteiger partial charge in [-0.15, -0.1) is 0 Å². The molecular formula is C29H35N3O5S. The van der Waals surface area contributed by atoms with Gasteiger partial charge >= 0.3 is 0 Å². The second-order valence-electron chi connectivity index (χ2n) is 9.10. The van der Waals surface area contributed by atoms with E-state index < -0.39 is 28.5 Å². The van der Waals surface area contributed by atoms with Crippen LogP contribution < -0.4 is 14.4 Å². The van der Waals surface area contributed by atoms with E-state index in [2.05, 4.69) is 5.32 Å².